The SMILES string of the molecule is N#Cc1ccc(CC(=NNC(=O)c2ccccc2)c2cccc(C(F)(F)F)c2)cc1. The topological polar surface area (TPSA) is 65.2 Å². The molecule has 1 N–H and O–H groups in total. The molecule has 0 saturated carbocycles. The van der Waals surface area contributed by atoms with Crippen molar-refractivity contribution in [3.63, 3.8) is 0 Å². The fourth-order valence-corrected chi connectivity index (χ4v) is 2.74. The average molecular weight is 407 g/mol. The molecular weight excluding hydrogens is 391 g/mol. The molecule has 0 bridgehead atoms. The number of nitrogens with one attached hydrogen (secondary N) is 1. The van der Waals surface area contributed by atoms with E-state index in [0.29, 0.717) is 11.1 Å². The van der Waals surface area contributed by atoms with Gasteiger partial charge < -0.3 is 0 Å². The van der Waals surface area contributed by atoms with Crippen LogP contribution in [0.4, 0.5) is 13.2 Å². The van der Waals surface area contributed by atoms with Gasteiger partial charge in [0.2, 0.25) is 0 Å². The van der Waals surface area contributed by atoms with Crippen LogP contribution < -0.4 is 5.43 Å². The number of amides is 1. The number of hydrogen-bond acceptors (Lipinski definition) is 3. The first-order valence-electron chi connectivity index (χ1n) is 8.95. The van der Waals surface area contributed by atoms with E-state index < -0.39 is 17.6 Å². The standard InChI is InChI=1S/C23H16F3N3O/c24-23(25,26)20-8-4-7-19(14-20)21(13-16-9-11-17(15-27)12-10-16)28-29-22(30)18-5-2-1-3-6-18/h1-12,14H,13H2,(H,29,30). The van der Waals surface area contributed by atoms with E-state index in [1.165, 1.54) is 12.1 Å². The third-order valence-corrected chi connectivity index (χ3v) is 4.31. The van der Waals surface area contributed by atoms with Gasteiger partial charge in [0.1, 0.15) is 0 Å². The summed E-state index contributed by atoms with van der Waals surface area (Å²) in [7, 11) is 0. The first-order valence-corrected chi connectivity index (χ1v) is 8.95. The summed E-state index contributed by atoms with van der Waals surface area (Å²) >= 11 is 0. The van der Waals surface area contributed by atoms with Crippen LogP contribution in [-0.2, 0) is 12.6 Å². The second-order valence-electron chi connectivity index (χ2n) is 6.43. The van der Waals surface area contributed by atoms with Crippen LogP contribution in [0.5, 0.6) is 0 Å². The normalized spacial score (nSPS) is 11.6. The third kappa shape index (κ3) is 5.32. The van der Waals surface area contributed by atoms with Crippen LogP contribution in [0.3, 0.4) is 0 Å². The Hall–Kier alpha value is -3.92. The molecular formula is C23H16F3N3O. The van der Waals surface area contributed by atoms with E-state index in [1.54, 1.807) is 54.6 Å². The van der Waals surface area contributed by atoms with Crippen molar-refractivity contribution in [2.75, 3.05) is 0 Å². The summed E-state index contributed by atoms with van der Waals surface area (Å²) in [5, 5.41) is 13.0. The highest BCUT2D eigenvalue weighted by atomic mass is 19.4. The molecule has 3 aromatic rings. The van der Waals surface area contributed by atoms with E-state index in [0.717, 1.165) is 17.7 Å². The molecule has 150 valence electrons. The van der Waals surface area contributed by atoms with E-state index in [4.69, 9.17) is 5.26 Å². The Bertz CT molecular complexity index is 1100. The Labute approximate surface area is 171 Å². The van der Waals surface area contributed by atoms with E-state index in [1.807, 2.05) is 6.07 Å². The van der Waals surface area contributed by atoms with Crippen molar-refractivity contribution in [3.8, 4) is 6.07 Å². The number of hydrogen-bond donors (Lipinski definition) is 1. The van der Waals surface area contributed by atoms with Gasteiger partial charge in [0, 0.05) is 12.0 Å². The van der Waals surface area contributed by atoms with Gasteiger partial charge in [-0.15, -0.1) is 0 Å². The van der Waals surface area contributed by atoms with Gasteiger partial charge >= 0.3 is 6.18 Å². The quantitative estimate of drug-likeness (QED) is 0.480. The van der Waals surface area contributed by atoms with Crippen LogP contribution in [0.2, 0.25) is 0 Å². The molecule has 4 nitrogen and oxygen atoms in total. The van der Waals surface area contributed by atoms with Gasteiger partial charge in [-0.05, 0) is 47.5 Å². The lowest BCUT2D eigenvalue weighted by Crippen LogP contribution is -2.21. The zero-order valence-electron chi connectivity index (χ0n) is 15.6. The molecule has 0 fully saturated rings. The highest BCUT2D eigenvalue weighted by Crippen LogP contribution is 2.29. The lowest BCUT2D eigenvalue weighted by molar-refractivity contribution is -0.137. The summed E-state index contributed by atoms with van der Waals surface area (Å²) in [5.74, 6) is -0.472. The molecule has 0 atom stereocenters. The largest absolute Gasteiger partial charge is 0.416 e. The molecule has 0 aliphatic rings. The highest BCUT2D eigenvalue weighted by Gasteiger charge is 2.30. The van der Waals surface area contributed by atoms with Crippen molar-refractivity contribution in [1.82, 2.24) is 5.43 Å². The van der Waals surface area contributed by atoms with E-state index in [2.05, 4.69) is 10.5 Å². The van der Waals surface area contributed by atoms with E-state index in [-0.39, 0.29) is 17.7 Å². The Kier molecular flexibility index (Phi) is 6.28. The molecule has 0 spiro atoms. The molecule has 0 aromatic heterocycles. The number of nitriles is 1. The zero-order valence-corrected chi connectivity index (χ0v) is 15.6. The highest BCUT2D eigenvalue weighted by molar-refractivity contribution is 6.03. The monoisotopic (exact) mass is 407 g/mol. The maximum absolute atomic E-state index is 13.1. The number of carbonyl (C=O) groups excluding carboxylic acids is 1. The summed E-state index contributed by atoms with van der Waals surface area (Å²) in [6, 6.07) is 21.8. The number of nitrogens with zero attached hydrogens (tertiary/aromatic N) is 2. The van der Waals surface area contributed by atoms with Crippen LogP contribution >= 0.6 is 0 Å². The number of rotatable bonds is 5. The predicted molar refractivity (Wildman–Crippen MR) is 107 cm³/mol. The number of hydrazone groups is 1. The Morgan fingerprint density at radius 3 is 2.23 bits per heavy atom. The van der Waals surface area contributed by atoms with Crippen molar-refractivity contribution in [2.24, 2.45) is 5.10 Å². The maximum Gasteiger partial charge on any atom is 0.416 e. The van der Waals surface area contributed by atoms with Crippen molar-refractivity contribution in [1.29, 1.82) is 5.26 Å². The first-order chi connectivity index (χ1) is 14.4. The minimum absolute atomic E-state index is 0.169. The summed E-state index contributed by atoms with van der Waals surface area (Å²) in [6.07, 6.45) is -4.33. The lowest BCUT2D eigenvalue weighted by Gasteiger charge is -2.12. The molecule has 1 amide bonds. The second-order valence-corrected chi connectivity index (χ2v) is 6.43. The molecule has 0 unspecified atom stereocenters. The lowest BCUT2D eigenvalue weighted by atomic mass is 9.99. The molecule has 0 saturated heterocycles. The zero-order chi connectivity index (χ0) is 21.6. The van der Waals surface area contributed by atoms with E-state index in [9.17, 15) is 18.0 Å². The van der Waals surface area contributed by atoms with E-state index >= 15 is 0 Å². The van der Waals surface area contributed by atoms with Gasteiger partial charge in [0.05, 0.1) is 22.9 Å². The van der Waals surface area contributed by atoms with Crippen LogP contribution in [0.15, 0.2) is 84.0 Å². The molecule has 3 aromatic carbocycles. The first kappa shape index (κ1) is 20.8. The van der Waals surface area contributed by atoms with Gasteiger partial charge in [0.25, 0.3) is 5.91 Å². The van der Waals surface area contributed by atoms with Gasteiger partial charge in [-0.3, -0.25) is 4.79 Å². The number of carbonyl (C=O) groups is 1. The molecule has 0 aliphatic heterocycles. The maximum atomic E-state index is 13.1. The smallest absolute Gasteiger partial charge is 0.267 e. The summed E-state index contributed by atoms with van der Waals surface area (Å²) in [4.78, 5) is 12.3. The van der Waals surface area contributed by atoms with Gasteiger partial charge in [-0.25, -0.2) is 5.43 Å². The Morgan fingerprint density at radius 2 is 1.60 bits per heavy atom. The van der Waals surface area contributed by atoms with Gasteiger partial charge in [-0.1, -0.05) is 42.5 Å². The fourth-order valence-electron chi connectivity index (χ4n) is 2.74. The van der Waals surface area contributed by atoms with Gasteiger partial charge in [-0.2, -0.15) is 23.5 Å². The molecule has 30 heavy (non-hydrogen) atoms. The average Bonchev–Trinajstić information content (AvgIpc) is 2.77. The molecule has 7 heteroatoms. The van der Waals surface area contributed by atoms with Crippen molar-refractivity contribution in [3.05, 3.63) is 107 Å². The Balaban J connectivity index is 1.93. The van der Waals surface area contributed by atoms with Crippen LogP contribution in [-0.4, -0.2) is 11.6 Å². The van der Waals surface area contributed by atoms with Crippen LogP contribution in [0.25, 0.3) is 0 Å². The molecule has 0 aliphatic carbocycles. The van der Waals surface area contributed by atoms with Crippen LogP contribution in [0.1, 0.15) is 32.6 Å². The molecule has 0 radical (unpaired) electrons. The second kappa shape index (κ2) is 9.05. The Morgan fingerprint density at radius 1 is 0.933 bits per heavy atom. The number of benzene rings is 3. The van der Waals surface area contributed by atoms with Crippen LogP contribution in [0, 0.1) is 11.3 Å². The predicted octanol–water partition coefficient (Wildman–Crippen LogP) is 4.95. The minimum Gasteiger partial charge on any atom is -0.267 e. The van der Waals surface area contributed by atoms with Crippen molar-refractivity contribution in [2.45, 2.75) is 12.6 Å². The molecule has 0 heterocycles. The minimum atomic E-state index is -4.50. The summed E-state index contributed by atoms with van der Waals surface area (Å²) < 4.78 is 39.4. The fraction of sp³-hybridized carbons (Fsp3) is 0.0870. The number of halogens is 3. The van der Waals surface area contributed by atoms with Crippen molar-refractivity contribution < 1.29 is 18.0 Å². The number of alkyl halides is 3. The van der Waals surface area contributed by atoms with Gasteiger partial charge in [0.15, 0.2) is 0 Å². The summed E-state index contributed by atoms with van der Waals surface area (Å²) in [6.45, 7) is 0. The third-order valence-electron chi connectivity index (χ3n) is 4.31. The van der Waals surface area contributed by atoms with Crippen molar-refractivity contribution >= 4 is 11.6 Å². The molecule has 3 rings (SSSR count). The summed E-state index contributed by atoms with van der Waals surface area (Å²) in [5.41, 5.74) is 3.69.